The molecule has 0 radical (unpaired) electrons. The SMILES string of the molecule is COCCNCC(=O)NCc1ncc[nH]1. The number of nitrogens with zero attached hydrogens (tertiary/aromatic N) is 1. The Labute approximate surface area is 88.4 Å². The Morgan fingerprint density at radius 1 is 1.67 bits per heavy atom. The van der Waals surface area contributed by atoms with E-state index in [1.807, 2.05) is 0 Å². The first-order chi connectivity index (χ1) is 7.33. The lowest BCUT2D eigenvalue weighted by molar-refractivity contribution is -0.120. The third-order valence-corrected chi connectivity index (χ3v) is 1.78. The summed E-state index contributed by atoms with van der Waals surface area (Å²) in [5.74, 6) is 0.697. The third-order valence-electron chi connectivity index (χ3n) is 1.78. The van der Waals surface area contributed by atoms with Gasteiger partial charge in [0, 0.05) is 26.0 Å². The molecule has 1 heterocycles. The molecule has 6 nitrogen and oxygen atoms in total. The van der Waals surface area contributed by atoms with E-state index in [0.717, 1.165) is 5.82 Å². The molecule has 1 aromatic rings. The number of hydrogen-bond donors (Lipinski definition) is 3. The summed E-state index contributed by atoms with van der Waals surface area (Å²) in [7, 11) is 1.62. The van der Waals surface area contributed by atoms with Crippen LogP contribution in [0.1, 0.15) is 5.82 Å². The largest absolute Gasteiger partial charge is 0.383 e. The van der Waals surface area contributed by atoms with Gasteiger partial charge in [-0.25, -0.2) is 4.98 Å². The van der Waals surface area contributed by atoms with E-state index in [2.05, 4.69) is 20.6 Å². The van der Waals surface area contributed by atoms with Crippen LogP contribution in [-0.2, 0) is 16.1 Å². The number of H-pyrrole nitrogens is 1. The van der Waals surface area contributed by atoms with E-state index in [9.17, 15) is 4.79 Å². The van der Waals surface area contributed by atoms with Crippen molar-refractivity contribution in [1.29, 1.82) is 0 Å². The summed E-state index contributed by atoms with van der Waals surface area (Å²) in [6.07, 6.45) is 3.37. The molecule has 0 aliphatic heterocycles. The maximum atomic E-state index is 11.2. The Balaban J connectivity index is 2.04. The highest BCUT2D eigenvalue weighted by atomic mass is 16.5. The Kier molecular flexibility index (Phi) is 5.42. The fraction of sp³-hybridized carbons (Fsp3) is 0.556. The molecular formula is C9H16N4O2. The molecule has 0 saturated heterocycles. The number of carbonyl (C=O) groups excluding carboxylic acids is 1. The van der Waals surface area contributed by atoms with Crippen molar-refractivity contribution in [2.45, 2.75) is 6.54 Å². The number of imidazole rings is 1. The van der Waals surface area contributed by atoms with Gasteiger partial charge in [-0.2, -0.15) is 0 Å². The maximum absolute atomic E-state index is 11.2. The molecule has 6 heteroatoms. The van der Waals surface area contributed by atoms with E-state index < -0.39 is 0 Å². The molecule has 0 spiro atoms. The number of rotatable bonds is 7. The van der Waals surface area contributed by atoms with Crippen molar-refractivity contribution in [1.82, 2.24) is 20.6 Å². The van der Waals surface area contributed by atoms with Crippen LogP contribution in [0.2, 0.25) is 0 Å². The Bertz CT molecular complexity index is 274. The molecule has 15 heavy (non-hydrogen) atoms. The Morgan fingerprint density at radius 2 is 2.53 bits per heavy atom. The minimum Gasteiger partial charge on any atom is -0.383 e. The molecule has 3 N–H and O–H groups in total. The summed E-state index contributed by atoms with van der Waals surface area (Å²) in [6, 6.07) is 0. The van der Waals surface area contributed by atoms with Crippen molar-refractivity contribution in [2.24, 2.45) is 0 Å². The zero-order valence-corrected chi connectivity index (χ0v) is 8.75. The summed E-state index contributed by atoms with van der Waals surface area (Å²) < 4.78 is 4.83. The predicted molar refractivity (Wildman–Crippen MR) is 55.2 cm³/mol. The number of methoxy groups -OCH3 is 1. The van der Waals surface area contributed by atoms with Crippen LogP contribution < -0.4 is 10.6 Å². The summed E-state index contributed by atoms with van der Waals surface area (Å²) in [5.41, 5.74) is 0. The normalized spacial score (nSPS) is 10.2. The molecule has 0 aliphatic rings. The van der Waals surface area contributed by atoms with Crippen molar-refractivity contribution >= 4 is 5.91 Å². The molecular weight excluding hydrogens is 196 g/mol. The number of aromatic amines is 1. The second-order valence-corrected chi connectivity index (χ2v) is 2.98. The van der Waals surface area contributed by atoms with Gasteiger partial charge in [0.1, 0.15) is 5.82 Å². The average molecular weight is 212 g/mol. The van der Waals surface area contributed by atoms with Gasteiger partial charge < -0.3 is 20.4 Å². The molecule has 84 valence electrons. The van der Waals surface area contributed by atoms with Crippen LogP contribution in [0, 0.1) is 0 Å². The van der Waals surface area contributed by atoms with Crippen LogP contribution in [0.15, 0.2) is 12.4 Å². The molecule has 0 saturated carbocycles. The smallest absolute Gasteiger partial charge is 0.234 e. The zero-order chi connectivity index (χ0) is 10.9. The van der Waals surface area contributed by atoms with Crippen molar-refractivity contribution in [3.05, 3.63) is 18.2 Å². The van der Waals surface area contributed by atoms with E-state index in [-0.39, 0.29) is 5.91 Å². The topological polar surface area (TPSA) is 79.0 Å². The van der Waals surface area contributed by atoms with Crippen LogP contribution in [0.5, 0.6) is 0 Å². The van der Waals surface area contributed by atoms with E-state index in [1.165, 1.54) is 0 Å². The lowest BCUT2D eigenvalue weighted by Gasteiger charge is -2.04. The van der Waals surface area contributed by atoms with E-state index in [4.69, 9.17) is 4.74 Å². The number of aromatic nitrogens is 2. The first-order valence-corrected chi connectivity index (χ1v) is 4.77. The van der Waals surface area contributed by atoms with E-state index in [1.54, 1.807) is 19.5 Å². The van der Waals surface area contributed by atoms with Crippen LogP contribution >= 0.6 is 0 Å². The number of hydrogen-bond acceptors (Lipinski definition) is 4. The molecule has 0 aliphatic carbocycles. The highest BCUT2D eigenvalue weighted by molar-refractivity contribution is 5.77. The quantitative estimate of drug-likeness (QED) is 0.520. The second-order valence-electron chi connectivity index (χ2n) is 2.98. The highest BCUT2D eigenvalue weighted by Gasteiger charge is 2.00. The second kappa shape index (κ2) is 6.97. The molecule has 0 unspecified atom stereocenters. The van der Waals surface area contributed by atoms with Crippen LogP contribution in [0.25, 0.3) is 0 Å². The summed E-state index contributed by atoms with van der Waals surface area (Å²) >= 11 is 0. The van der Waals surface area contributed by atoms with Crippen LogP contribution in [-0.4, -0.2) is 42.7 Å². The maximum Gasteiger partial charge on any atom is 0.234 e. The molecule has 1 rings (SSSR count). The van der Waals surface area contributed by atoms with Gasteiger partial charge in [-0.15, -0.1) is 0 Å². The Hall–Kier alpha value is -1.40. The summed E-state index contributed by atoms with van der Waals surface area (Å²) in [4.78, 5) is 18.1. The van der Waals surface area contributed by atoms with Crippen molar-refractivity contribution in [3.63, 3.8) is 0 Å². The average Bonchev–Trinajstić information content (AvgIpc) is 2.74. The number of carbonyl (C=O) groups is 1. The van der Waals surface area contributed by atoms with Crippen molar-refractivity contribution in [2.75, 3.05) is 26.8 Å². The molecule has 0 bridgehead atoms. The van der Waals surface area contributed by atoms with Gasteiger partial charge in [0.2, 0.25) is 5.91 Å². The number of ether oxygens (including phenoxy) is 1. The van der Waals surface area contributed by atoms with Gasteiger partial charge in [-0.05, 0) is 0 Å². The molecule has 0 aromatic carbocycles. The van der Waals surface area contributed by atoms with Crippen molar-refractivity contribution < 1.29 is 9.53 Å². The van der Waals surface area contributed by atoms with E-state index >= 15 is 0 Å². The first-order valence-electron chi connectivity index (χ1n) is 4.77. The van der Waals surface area contributed by atoms with Gasteiger partial charge in [0.15, 0.2) is 0 Å². The van der Waals surface area contributed by atoms with Crippen LogP contribution in [0.3, 0.4) is 0 Å². The summed E-state index contributed by atoms with van der Waals surface area (Å²) in [6.45, 7) is 2.00. The monoisotopic (exact) mass is 212 g/mol. The van der Waals surface area contributed by atoms with Gasteiger partial charge in [0.25, 0.3) is 0 Å². The number of nitrogens with one attached hydrogen (secondary N) is 3. The Morgan fingerprint density at radius 3 is 3.20 bits per heavy atom. The fourth-order valence-corrected chi connectivity index (χ4v) is 1.02. The van der Waals surface area contributed by atoms with Gasteiger partial charge in [-0.1, -0.05) is 0 Å². The lowest BCUT2D eigenvalue weighted by atomic mass is 10.5. The van der Waals surface area contributed by atoms with E-state index in [0.29, 0.717) is 26.2 Å². The molecule has 0 fully saturated rings. The molecule has 1 amide bonds. The highest BCUT2D eigenvalue weighted by Crippen LogP contribution is 1.85. The first kappa shape index (κ1) is 11.7. The van der Waals surface area contributed by atoms with Gasteiger partial charge in [0.05, 0.1) is 19.7 Å². The predicted octanol–water partition coefficient (Wildman–Crippen LogP) is -0.738. The summed E-state index contributed by atoms with van der Waals surface area (Å²) in [5, 5.41) is 5.67. The number of amides is 1. The molecule has 1 aromatic heterocycles. The van der Waals surface area contributed by atoms with Gasteiger partial charge in [-0.3, -0.25) is 4.79 Å². The van der Waals surface area contributed by atoms with Crippen LogP contribution in [0.4, 0.5) is 0 Å². The van der Waals surface area contributed by atoms with Gasteiger partial charge >= 0.3 is 0 Å². The fourth-order valence-electron chi connectivity index (χ4n) is 1.02. The zero-order valence-electron chi connectivity index (χ0n) is 8.75. The minimum atomic E-state index is -0.0532. The standard InChI is InChI=1S/C9H16N4O2/c1-15-5-4-10-7-9(14)13-6-8-11-2-3-12-8/h2-3,10H,4-7H2,1H3,(H,11,12)(H,13,14). The van der Waals surface area contributed by atoms with Crippen molar-refractivity contribution in [3.8, 4) is 0 Å². The lowest BCUT2D eigenvalue weighted by Crippen LogP contribution is -2.35. The third kappa shape index (κ3) is 5.14. The molecule has 0 atom stereocenters. The minimum absolute atomic E-state index is 0.0532.